The van der Waals surface area contributed by atoms with E-state index in [-0.39, 0.29) is 16.9 Å². The first kappa shape index (κ1) is 25.3. The minimum Gasteiger partial charge on any atom is -0.486 e. The third kappa shape index (κ3) is 6.13. The van der Waals surface area contributed by atoms with Gasteiger partial charge in [0.05, 0.1) is 35.7 Å². The molecule has 1 aliphatic heterocycles. The van der Waals surface area contributed by atoms with Gasteiger partial charge in [-0.2, -0.15) is 5.10 Å². The van der Waals surface area contributed by atoms with Crippen LogP contribution in [0.1, 0.15) is 12.0 Å². The van der Waals surface area contributed by atoms with Crippen LogP contribution in [0.25, 0.3) is 10.9 Å². The van der Waals surface area contributed by atoms with E-state index in [0.717, 1.165) is 0 Å². The number of rotatable bonds is 7. The average Bonchev–Trinajstić information content (AvgIpc) is 3.41. The lowest BCUT2D eigenvalue weighted by Crippen LogP contribution is -2.25. The van der Waals surface area contributed by atoms with Crippen LogP contribution >= 0.6 is 11.6 Å². The van der Waals surface area contributed by atoms with Crippen LogP contribution in [0.2, 0.25) is 5.02 Å². The number of hydrazone groups is 1. The molecular weight excluding hydrogens is 518 g/mol. The molecular formula is C26H21ClF2N6O3. The van der Waals surface area contributed by atoms with Gasteiger partial charge in [0, 0.05) is 23.6 Å². The van der Waals surface area contributed by atoms with E-state index in [2.05, 4.69) is 31.1 Å². The molecule has 0 aliphatic carbocycles. The molecule has 2 heterocycles. The van der Waals surface area contributed by atoms with Crippen LogP contribution < -0.4 is 20.8 Å². The summed E-state index contributed by atoms with van der Waals surface area (Å²) in [7, 11) is 0. The van der Waals surface area contributed by atoms with Crippen molar-refractivity contribution in [2.45, 2.75) is 12.5 Å². The number of anilines is 3. The van der Waals surface area contributed by atoms with Crippen LogP contribution in [0.3, 0.4) is 0 Å². The minimum absolute atomic E-state index is 0.0388. The molecule has 0 bridgehead atoms. The number of nitrogens with one attached hydrogen (secondary N) is 3. The van der Waals surface area contributed by atoms with Gasteiger partial charge in [0.1, 0.15) is 35.6 Å². The molecule has 194 valence electrons. The lowest BCUT2D eigenvalue weighted by Gasteiger charge is -2.18. The molecule has 1 unspecified atom stereocenters. The van der Waals surface area contributed by atoms with Crippen molar-refractivity contribution in [1.29, 1.82) is 0 Å². The number of carbonyl (C=O) groups is 1. The molecule has 12 heteroatoms. The van der Waals surface area contributed by atoms with E-state index in [9.17, 15) is 13.6 Å². The topological polar surface area (TPSA) is 110 Å². The Kier molecular flexibility index (Phi) is 7.57. The Morgan fingerprint density at radius 1 is 1.13 bits per heavy atom. The second-order valence-electron chi connectivity index (χ2n) is 8.32. The Hall–Kier alpha value is -4.35. The molecule has 0 radical (unpaired) electrons. The summed E-state index contributed by atoms with van der Waals surface area (Å²) in [4.78, 5) is 21.3. The lowest BCUT2D eigenvalue weighted by molar-refractivity contribution is 0.142. The summed E-state index contributed by atoms with van der Waals surface area (Å²) in [6, 6.07) is 12.6. The highest BCUT2D eigenvalue weighted by Crippen LogP contribution is 2.35. The maximum atomic E-state index is 13.6. The van der Waals surface area contributed by atoms with Crippen molar-refractivity contribution in [2.75, 3.05) is 23.8 Å². The molecule has 3 N–H and O–H groups in total. The number of nitrogens with zero attached hydrogens (tertiary/aromatic N) is 3. The summed E-state index contributed by atoms with van der Waals surface area (Å²) in [5.41, 5.74) is 4.39. The highest BCUT2D eigenvalue weighted by atomic mass is 35.5. The summed E-state index contributed by atoms with van der Waals surface area (Å²) >= 11 is 5.91. The van der Waals surface area contributed by atoms with Gasteiger partial charge in [-0.3, -0.25) is 0 Å². The molecule has 38 heavy (non-hydrogen) atoms. The first-order valence-electron chi connectivity index (χ1n) is 11.6. The predicted octanol–water partition coefficient (Wildman–Crippen LogP) is 5.63. The van der Waals surface area contributed by atoms with Crippen molar-refractivity contribution >= 4 is 51.9 Å². The largest absolute Gasteiger partial charge is 0.486 e. The summed E-state index contributed by atoms with van der Waals surface area (Å²) < 4.78 is 38.2. The van der Waals surface area contributed by atoms with E-state index in [1.165, 1.54) is 55.0 Å². The highest BCUT2D eigenvalue weighted by molar-refractivity contribution is 6.31. The number of halogens is 3. The first-order valence-corrected chi connectivity index (χ1v) is 11.9. The number of benzene rings is 3. The van der Waals surface area contributed by atoms with E-state index in [1.54, 1.807) is 12.1 Å². The number of hydrogen-bond acceptors (Lipinski definition) is 7. The fraction of sp³-hybridized carbons (Fsp3) is 0.154. The lowest BCUT2D eigenvalue weighted by atomic mass is 10.1. The van der Waals surface area contributed by atoms with Crippen LogP contribution in [0.5, 0.6) is 5.75 Å². The van der Waals surface area contributed by atoms with E-state index in [0.29, 0.717) is 59.0 Å². The van der Waals surface area contributed by atoms with Crippen LogP contribution in [0.15, 0.2) is 66.0 Å². The fourth-order valence-corrected chi connectivity index (χ4v) is 3.92. The Balaban J connectivity index is 1.42. The third-order valence-corrected chi connectivity index (χ3v) is 5.89. The fourth-order valence-electron chi connectivity index (χ4n) is 3.74. The van der Waals surface area contributed by atoms with E-state index < -0.39 is 11.8 Å². The van der Waals surface area contributed by atoms with Gasteiger partial charge >= 0.3 is 6.03 Å². The normalized spacial score (nSPS) is 15.1. The number of aromatic nitrogens is 2. The van der Waals surface area contributed by atoms with Gasteiger partial charge < -0.3 is 20.1 Å². The molecule has 2 amide bonds. The SMILES string of the molecule is O=C(N/N=C/c1ccc(F)cc1)Nc1cc2c(Nc3ccc(F)c(Cl)c3)ncnc2cc1OC1CCOC1. The van der Waals surface area contributed by atoms with Crippen molar-refractivity contribution in [2.24, 2.45) is 5.10 Å². The van der Waals surface area contributed by atoms with Gasteiger partial charge in [-0.15, -0.1) is 0 Å². The van der Waals surface area contributed by atoms with Crippen molar-refractivity contribution in [1.82, 2.24) is 15.4 Å². The average molecular weight is 539 g/mol. The summed E-state index contributed by atoms with van der Waals surface area (Å²) in [5, 5.41) is 10.3. The quantitative estimate of drug-likeness (QED) is 0.208. The number of urea groups is 1. The number of ether oxygens (including phenoxy) is 2. The van der Waals surface area contributed by atoms with Gasteiger partial charge in [-0.05, 0) is 42.0 Å². The Labute approximate surface area is 220 Å². The van der Waals surface area contributed by atoms with Gasteiger partial charge in [-0.25, -0.2) is 29.0 Å². The molecule has 1 fully saturated rings. The Morgan fingerprint density at radius 2 is 1.97 bits per heavy atom. The maximum absolute atomic E-state index is 13.6. The van der Waals surface area contributed by atoms with Gasteiger partial charge in [0.25, 0.3) is 0 Å². The third-order valence-electron chi connectivity index (χ3n) is 5.60. The summed E-state index contributed by atoms with van der Waals surface area (Å²) in [5.74, 6) is -0.113. The number of amides is 2. The number of carbonyl (C=O) groups excluding carboxylic acids is 1. The molecule has 5 rings (SSSR count). The second kappa shape index (κ2) is 11.4. The van der Waals surface area contributed by atoms with E-state index in [4.69, 9.17) is 21.1 Å². The van der Waals surface area contributed by atoms with Crippen LogP contribution in [-0.4, -0.2) is 41.5 Å². The molecule has 1 atom stereocenters. The zero-order valence-corrected chi connectivity index (χ0v) is 20.5. The van der Waals surface area contributed by atoms with Gasteiger partial charge in [0.2, 0.25) is 0 Å². The second-order valence-corrected chi connectivity index (χ2v) is 8.73. The summed E-state index contributed by atoms with van der Waals surface area (Å²) in [6.07, 6.45) is 3.28. The molecule has 1 aliphatic rings. The van der Waals surface area contributed by atoms with Crippen molar-refractivity contribution < 1.29 is 23.0 Å². The predicted molar refractivity (Wildman–Crippen MR) is 140 cm³/mol. The van der Waals surface area contributed by atoms with Crippen molar-refractivity contribution in [3.63, 3.8) is 0 Å². The van der Waals surface area contributed by atoms with E-state index >= 15 is 0 Å². The maximum Gasteiger partial charge on any atom is 0.339 e. The van der Waals surface area contributed by atoms with Crippen LogP contribution in [0.4, 0.5) is 30.8 Å². The standard InChI is InChI=1S/C26H21ClF2N6O3/c27-20-9-17(5-6-21(20)29)33-25-19-10-23(34-26(36)35-32-12-15-1-3-16(28)4-2-15)24(11-22(19)30-14-31-25)38-18-7-8-37-13-18/h1-6,9-12,14,18H,7-8,13H2,(H,30,31,33)(H2,34,35,36)/b32-12+. The molecule has 0 spiro atoms. The minimum atomic E-state index is -0.632. The number of hydrogen-bond donors (Lipinski definition) is 3. The molecule has 1 aromatic heterocycles. The monoisotopic (exact) mass is 538 g/mol. The molecule has 9 nitrogen and oxygen atoms in total. The first-order chi connectivity index (χ1) is 18.4. The smallest absolute Gasteiger partial charge is 0.339 e. The molecule has 3 aromatic carbocycles. The van der Waals surface area contributed by atoms with Gasteiger partial charge in [-0.1, -0.05) is 23.7 Å². The highest BCUT2D eigenvalue weighted by Gasteiger charge is 2.21. The van der Waals surface area contributed by atoms with Crippen molar-refractivity contribution in [3.05, 3.63) is 83.1 Å². The zero-order chi connectivity index (χ0) is 26.5. The molecule has 0 saturated carbocycles. The van der Waals surface area contributed by atoms with Gasteiger partial charge in [0.15, 0.2) is 0 Å². The Bertz CT molecular complexity index is 1500. The summed E-state index contributed by atoms with van der Waals surface area (Å²) in [6.45, 7) is 1.00. The molecule has 4 aromatic rings. The molecule has 1 saturated heterocycles. The Morgan fingerprint density at radius 3 is 2.74 bits per heavy atom. The van der Waals surface area contributed by atoms with Crippen molar-refractivity contribution in [3.8, 4) is 5.75 Å². The van der Waals surface area contributed by atoms with E-state index in [1.807, 2.05) is 0 Å². The number of fused-ring (bicyclic) bond motifs is 1. The van der Waals surface area contributed by atoms with Crippen LogP contribution in [-0.2, 0) is 4.74 Å². The van der Waals surface area contributed by atoms with Crippen LogP contribution in [0, 0.1) is 11.6 Å². The zero-order valence-electron chi connectivity index (χ0n) is 19.7.